The predicted molar refractivity (Wildman–Crippen MR) is 47.7 cm³/mol. The summed E-state index contributed by atoms with van der Waals surface area (Å²) in [6.45, 7) is 5.71. The molecule has 0 saturated carbocycles. The van der Waals surface area contributed by atoms with Crippen LogP contribution in [0.1, 0.15) is 19.8 Å². The first-order valence-corrected chi connectivity index (χ1v) is 3.67. The van der Waals surface area contributed by atoms with Crippen LogP contribution < -0.4 is 0 Å². The maximum atomic E-state index is 3.59. The van der Waals surface area contributed by atoms with Crippen molar-refractivity contribution in [2.24, 2.45) is 0 Å². The van der Waals surface area contributed by atoms with Crippen LogP contribution in [0.3, 0.4) is 0 Å². The number of hydrogen-bond acceptors (Lipinski definition) is 0. The molecule has 0 saturated heterocycles. The molecule has 0 N–H and O–H groups in total. The van der Waals surface area contributed by atoms with Crippen LogP contribution in [0, 0.1) is 6.92 Å². The minimum atomic E-state index is 0.984. The van der Waals surface area contributed by atoms with Crippen molar-refractivity contribution in [1.29, 1.82) is 0 Å². The lowest BCUT2D eigenvalue weighted by molar-refractivity contribution is 1.22. The zero-order valence-corrected chi connectivity index (χ0v) is 6.59. The van der Waals surface area contributed by atoms with Gasteiger partial charge in [0.25, 0.3) is 0 Å². The van der Waals surface area contributed by atoms with Crippen LogP contribution in [0.25, 0.3) is 0 Å². The Balaban J connectivity index is 3.28. The van der Waals surface area contributed by atoms with Crippen LogP contribution in [0.15, 0.2) is 36.5 Å². The summed E-state index contributed by atoms with van der Waals surface area (Å²) >= 11 is 0. The molecule has 0 heteroatoms. The van der Waals surface area contributed by atoms with Gasteiger partial charge in [-0.15, -0.1) is 0 Å². The lowest BCUT2D eigenvalue weighted by atomic mass is 10.3. The third-order valence-electron chi connectivity index (χ3n) is 1.06. The van der Waals surface area contributed by atoms with Gasteiger partial charge in [-0.2, -0.15) is 0 Å². The highest BCUT2D eigenvalue weighted by Gasteiger charge is 1.66. The van der Waals surface area contributed by atoms with Gasteiger partial charge in [-0.25, -0.2) is 0 Å². The number of hydrogen-bond donors (Lipinski definition) is 0. The molecular weight excluding hydrogens is 120 g/mol. The van der Waals surface area contributed by atoms with E-state index in [9.17, 15) is 0 Å². The highest BCUT2D eigenvalue weighted by molar-refractivity contribution is 5.04. The Hall–Kier alpha value is -0.780. The van der Waals surface area contributed by atoms with Gasteiger partial charge < -0.3 is 0 Å². The fourth-order valence-corrected chi connectivity index (χ4v) is 0.547. The van der Waals surface area contributed by atoms with Gasteiger partial charge in [0.15, 0.2) is 0 Å². The van der Waals surface area contributed by atoms with E-state index in [2.05, 4.69) is 38.2 Å². The van der Waals surface area contributed by atoms with Crippen LogP contribution in [0.5, 0.6) is 0 Å². The molecule has 0 aliphatic rings. The van der Waals surface area contributed by atoms with Gasteiger partial charge in [0.2, 0.25) is 0 Å². The molecule has 0 amide bonds. The van der Waals surface area contributed by atoms with Crippen LogP contribution >= 0.6 is 0 Å². The van der Waals surface area contributed by atoms with Crippen molar-refractivity contribution in [1.82, 2.24) is 0 Å². The summed E-state index contributed by atoms with van der Waals surface area (Å²) < 4.78 is 0. The first kappa shape index (κ1) is 9.22. The SMILES string of the molecule is [CH2]C=CCC=CC=CCC. The van der Waals surface area contributed by atoms with E-state index in [0.717, 1.165) is 12.8 Å². The van der Waals surface area contributed by atoms with Crippen LogP contribution in [-0.4, -0.2) is 0 Å². The van der Waals surface area contributed by atoms with Gasteiger partial charge in [-0.05, 0) is 19.8 Å². The third-order valence-corrected chi connectivity index (χ3v) is 1.06. The van der Waals surface area contributed by atoms with Crippen molar-refractivity contribution in [2.45, 2.75) is 19.8 Å². The first-order valence-electron chi connectivity index (χ1n) is 3.67. The Morgan fingerprint density at radius 1 is 1.10 bits per heavy atom. The molecule has 0 heterocycles. The van der Waals surface area contributed by atoms with E-state index < -0.39 is 0 Å². The monoisotopic (exact) mass is 135 g/mol. The van der Waals surface area contributed by atoms with E-state index >= 15 is 0 Å². The maximum Gasteiger partial charge on any atom is -0.0166 e. The Bertz CT molecular complexity index is 127. The van der Waals surface area contributed by atoms with Gasteiger partial charge >= 0.3 is 0 Å². The van der Waals surface area contributed by atoms with Gasteiger partial charge in [0.1, 0.15) is 0 Å². The van der Waals surface area contributed by atoms with Crippen molar-refractivity contribution < 1.29 is 0 Å². The van der Waals surface area contributed by atoms with Gasteiger partial charge in [-0.3, -0.25) is 0 Å². The molecule has 0 unspecified atom stereocenters. The second-order valence-electron chi connectivity index (χ2n) is 1.97. The highest BCUT2D eigenvalue weighted by atomic mass is 13.7. The van der Waals surface area contributed by atoms with Crippen molar-refractivity contribution in [2.75, 3.05) is 0 Å². The number of rotatable bonds is 4. The molecule has 0 aromatic rings. The van der Waals surface area contributed by atoms with Crippen LogP contribution in [-0.2, 0) is 0 Å². The standard InChI is InChI=1S/C10H15/c1-3-5-7-9-10-8-6-4-2/h3,5-6,8-10H,1,4,7H2,2H3. The topological polar surface area (TPSA) is 0 Å². The molecule has 1 radical (unpaired) electrons. The summed E-state index contributed by atoms with van der Waals surface area (Å²) in [6, 6.07) is 0. The van der Waals surface area contributed by atoms with Crippen molar-refractivity contribution >= 4 is 0 Å². The molecule has 0 nitrogen and oxygen atoms in total. The minimum absolute atomic E-state index is 0.984. The predicted octanol–water partition coefficient (Wildman–Crippen LogP) is 3.29. The molecule has 0 bridgehead atoms. The molecule has 0 rings (SSSR count). The maximum absolute atomic E-state index is 3.59. The Morgan fingerprint density at radius 3 is 2.40 bits per heavy atom. The smallest absolute Gasteiger partial charge is 0.0166 e. The molecule has 0 aromatic heterocycles. The lowest BCUT2D eigenvalue weighted by Crippen LogP contribution is -1.56. The average molecular weight is 135 g/mol. The summed E-state index contributed by atoms with van der Waals surface area (Å²) in [5.74, 6) is 0. The molecule has 55 valence electrons. The third kappa shape index (κ3) is 7.22. The second-order valence-corrected chi connectivity index (χ2v) is 1.97. The fourth-order valence-electron chi connectivity index (χ4n) is 0.547. The van der Waals surface area contributed by atoms with Gasteiger partial charge in [0, 0.05) is 0 Å². The minimum Gasteiger partial charge on any atom is -0.0879 e. The highest BCUT2D eigenvalue weighted by Crippen LogP contribution is 1.87. The quantitative estimate of drug-likeness (QED) is 0.519. The zero-order chi connectivity index (χ0) is 7.66. The summed E-state index contributed by atoms with van der Waals surface area (Å²) in [4.78, 5) is 0. The summed E-state index contributed by atoms with van der Waals surface area (Å²) in [7, 11) is 0. The largest absolute Gasteiger partial charge is 0.0879 e. The van der Waals surface area contributed by atoms with E-state index in [0.29, 0.717) is 0 Å². The van der Waals surface area contributed by atoms with Crippen molar-refractivity contribution in [3.05, 3.63) is 43.4 Å². The molecule has 0 aliphatic heterocycles. The molecule has 0 spiro atoms. The van der Waals surface area contributed by atoms with E-state index in [-0.39, 0.29) is 0 Å². The van der Waals surface area contributed by atoms with Gasteiger partial charge in [-0.1, -0.05) is 43.4 Å². The van der Waals surface area contributed by atoms with E-state index in [1.165, 1.54) is 0 Å². The summed E-state index contributed by atoms with van der Waals surface area (Å²) in [5, 5.41) is 0. The molecule has 0 aliphatic carbocycles. The van der Waals surface area contributed by atoms with E-state index in [4.69, 9.17) is 0 Å². The van der Waals surface area contributed by atoms with E-state index in [1.54, 1.807) is 0 Å². The average Bonchev–Trinajstić information content (AvgIpc) is 1.97. The lowest BCUT2D eigenvalue weighted by Gasteiger charge is -1.77. The second kappa shape index (κ2) is 8.22. The van der Waals surface area contributed by atoms with E-state index in [1.807, 2.05) is 12.2 Å². The molecular formula is C10H15. The van der Waals surface area contributed by atoms with Crippen LogP contribution in [0.2, 0.25) is 0 Å². The fraction of sp³-hybridized carbons (Fsp3) is 0.300. The normalized spacial score (nSPS) is 12.6. The van der Waals surface area contributed by atoms with Gasteiger partial charge in [0.05, 0.1) is 0 Å². The molecule has 0 fully saturated rings. The Kier molecular flexibility index (Phi) is 7.58. The Morgan fingerprint density at radius 2 is 1.80 bits per heavy atom. The molecule has 10 heavy (non-hydrogen) atoms. The molecule has 0 atom stereocenters. The molecule has 0 aromatic carbocycles. The van der Waals surface area contributed by atoms with Crippen LogP contribution in [0.4, 0.5) is 0 Å². The number of allylic oxidation sites excluding steroid dienone is 6. The summed E-state index contributed by atoms with van der Waals surface area (Å²) in [6.07, 6.45) is 14.3. The Labute approximate surface area is 64.0 Å². The van der Waals surface area contributed by atoms with Crippen molar-refractivity contribution in [3.63, 3.8) is 0 Å². The first-order chi connectivity index (χ1) is 4.91. The zero-order valence-electron chi connectivity index (χ0n) is 6.59. The van der Waals surface area contributed by atoms with Crippen molar-refractivity contribution in [3.8, 4) is 0 Å². The summed E-state index contributed by atoms with van der Waals surface area (Å²) in [5.41, 5.74) is 0.